The highest BCUT2D eigenvalue weighted by Gasteiger charge is 2.24. The van der Waals surface area contributed by atoms with Crippen molar-refractivity contribution >= 4 is 33.2 Å². The fourth-order valence-corrected chi connectivity index (χ4v) is 5.48. The summed E-state index contributed by atoms with van der Waals surface area (Å²) in [6.45, 7) is 3.43. The summed E-state index contributed by atoms with van der Waals surface area (Å²) >= 11 is 3.81. The molecule has 2 aliphatic rings. The summed E-state index contributed by atoms with van der Waals surface area (Å²) in [5.41, 5.74) is 1.26. The van der Waals surface area contributed by atoms with Crippen LogP contribution in [0, 0.1) is 0 Å². The first-order chi connectivity index (χ1) is 10.3. The highest BCUT2D eigenvalue weighted by atomic mass is 32.2. The number of anilines is 1. The van der Waals surface area contributed by atoms with Crippen LogP contribution in [-0.2, 0) is 0 Å². The van der Waals surface area contributed by atoms with Crippen LogP contribution in [-0.4, -0.2) is 38.7 Å². The van der Waals surface area contributed by atoms with Gasteiger partial charge >= 0.3 is 0 Å². The van der Waals surface area contributed by atoms with Crippen molar-refractivity contribution in [2.75, 3.05) is 23.0 Å². The smallest absolute Gasteiger partial charge is 0.214 e. The van der Waals surface area contributed by atoms with E-state index in [1.807, 2.05) is 4.52 Å². The fourth-order valence-electron chi connectivity index (χ4n) is 3.42. The summed E-state index contributed by atoms with van der Waals surface area (Å²) in [7, 11) is 0. The number of imidazole rings is 1. The SMILES string of the molecule is CC1CCSCCN1c1nn2cc(C3CCCC3)nc2s1. The van der Waals surface area contributed by atoms with Gasteiger partial charge in [-0.3, -0.25) is 0 Å². The lowest BCUT2D eigenvalue weighted by Gasteiger charge is -2.25. The molecule has 0 amide bonds. The first-order valence-electron chi connectivity index (χ1n) is 8.02. The van der Waals surface area contributed by atoms with Gasteiger partial charge in [-0.25, -0.2) is 9.50 Å². The molecular weight excluding hydrogens is 300 g/mol. The van der Waals surface area contributed by atoms with E-state index in [1.54, 1.807) is 11.3 Å². The third-order valence-electron chi connectivity index (χ3n) is 4.76. The molecule has 3 heterocycles. The molecule has 6 heteroatoms. The standard InChI is InChI=1S/C15H22N4S2/c1-11-6-8-20-9-7-18(11)15-17-19-10-13(16-14(19)21-15)12-4-2-3-5-12/h10-12H,2-9H2,1H3. The zero-order valence-electron chi connectivity index (χ0n) is 12.5. The van der Waals surface area contributed by atoms with Crippen molar-refractivity contribution in [1.29, 1.82) is 0 Å². The second-order valence-corrected chi connectivity index (χ2v) is 8.36. The Morgan fingerprint density at radius 1 is 1.19 bits per heavy atom. The summed E-state index contributed by atoms with van der Waals surface area (Å²) < 4.78 is 2.01. The van der Waals surface area contributed by atoms with Gasteiger partial charge in [-0.15, -0.1) is 5.10 Å². The third kappa shape index (κ3) is 2.68. The number of nitrogens with zero attached hydrogens (tertiary/aromatic N) is 4. The average Bonchev–Trinajstić information content (AvgIpc) is 3.14. The van der Waals surface area contributed by atoms with Gasteiger partial charge in [0.25, 0.3) is 0 Å². The Hall–Kier alpha value is -0.750. The monoisotopic (exact) mass is 322 g/mol. The number of fused-ring (bicyclic) bond motifs is 1. The Bertz CT molecular complexity index is 583. The van der Waals surface area contributed by atoms with E-state index in [0.29, 0.717) is 12.0 Å². The number of aromatic nitrogens is 3. The first-order valence-corrected chi connectivity index (χ1v) is 9.99. The zero-order valence-corrected chi connectivity index (χ0v) is 14.1. The fraction of sp³-hybridized carbons (Fsp3) is 0.733. The molecule has 2 fully saturated rings. The van der Waals surface area contributed by atoms with Crippen molar-refractivity contribution in [3.8, 4) is 0 Å². The molecule has 0 N–H and O–H groups in total. The van der Waals surface area contributed by atoms with Crippen molar-refractivity contribution in [1.82, 2.24) is 14.6 Å². The molecule has 1 saturated carbocycles. The highest BCUT2D eigenvalue weighted by molar-refractivity contribution is 7.99. The lowest BCUT2D eigenvalue weighted by molar-refractivity contribution is 0.639. The van der Waals surface area contributed by atoms with E-state index in [-0.39, 0.29) is 0 Å². The van der Waals surface area contributed by atoms with Gasteiger partial charge in [0.2, 0.25) is 10.1 Å². The van der Waals surface area contributed by atoms with Crippen molar-refractivity contribution in [3.05, 3.63) is 11.9 Å². The molecule has 1 atom stereocenters. The number of thioether (sulfide) groups is 1. The minimum Gasteiger partial charge on any atom is -0.343 e. The van der Waals surface area contributed by atoms with Gasteiger partial charge in [-0.05, 0) is 31.9 Å². The van der Waals surface area contributed by atoms with Crippen LogP contribution in [0.25, 0.3) is 4.96 Å². The van der Waals surface area contributed by atoms with Gasteiger partial charge in [0.15, 0.2) is 0 Å². The lowest BCUT2D eigenvalue weighted by atomic mass is 10.1. The molecule has 4 nitrogen and oxygen atoms in total. The second kappa shape index (κ2) is 5.80. The first kappa shape index (κ1) is 13.9. The van der Waals surface area contributed by atoms with Crippen molar-refractivity contribution < 1.29 is 0 Å². The van der Waals surface area contributed by atoms with Crippen LogP contribution in [0.15, 0.2) is 6.20 Å². The number of hydrogen-bond acceptors (Lipinski definition) is 5. The molecule has 0 bridgehead atoms. The van der Waals surface area contributed by atoms with E-state index in [1.165, 1.54) is 49.3 Å². The topological polar surface area (TPSA) is 33.4 Å². The normalized spacial score (nSPS) is 24.8. The molecule has 0 aromatic carbocycles. The Morgan fingerprint density at radius 2 is 2.05 bits per heavy atom. The van der Waals surface area contributed by atoms with Gasteiger partial charge in [-0.1, -0.05) is 24.2 Å². The molecule has 114 valence electrons. The van der Waals surface area contributed by atoms with Crippen molar-refractivity contribution in [2.45, 2.75) is 51.0 Å². The number of hydrogen-bond donors (Lipinski definition) is 0. The van der Waals surface area contributed by atoms with Gasteiger partial charge in [0, 0.05) is 24.3 Å². The van der Waals surface area contributed by atoms with Crippen LogP contribution >= 0.6 is 23.1 Å². The molecule has 2 aromatic heterocycles. The van der Waals surface area contributed by atoms with Crippen LogP contribution in [0.2, 0.25) is 0 Å². The third-order valence-corrected chi connectivity index (χ3v) is 6.71. The van der Waals surface area contributed by atoms with Crippen LogP contribution in [0.5, 0.6) is 0 Å². The Kier molecular flexibility index (Phi) is 3.83. The van der Waals surface area contributed by atoms with Crippen LogP contribution in [0.4, 0.5) is 5.13 Å². The lowest BCUT2D eigenvalue weighted by Crippen LogP contribution is -2.33. The minimum atomic E-state index is 0.588. The van der Waals surface area contributed by atoms with Crippen LogP contribution < -0.4 is 4.90 Å². The Morgan fingerprint density at radius 3 is 2.86 bits per heavy atom. The van der Waals surface area contributed by atoms with E-state index in [4.69, 9.17) is 10.1 Å². The molecular formula is C15H22N4S2. The van der Waals surface area contributed by atoms with Crippen LogP contribution in [0.1, 0.15) is 50.6 Å². The maximum absolute atomic E-state index is 4.85. The summed E-state index contributed by atoms with van der Waals surface area (Å²) in [6, 6.07) is 0.588. The predicted octanol–water partition coefficient (Wildman–Crippen LogP) is 3.78. The van der Waals surface area contributed by atoms with Crippen LogP contribution in [0.3, 0.4) is 0 Å². The molecule has 1 aliphatic carbocycles. The Labute approximate surface area is 133 Å². The summed E-state index contributed by atoms with van der Waals surface area (Å²) in [4.78, 5) is 8.38. The van der Waals surface area contributed by atoms with Gasteiger partial charge in [0.1, 0.15) is 0 Å². The predicted molar refractivity (Wildman–Crippen MR) is 90.8 cm³/mol. The largest absolute Gasteiger partial charge is 0.343 e. The van der Waals surface area contributed by atoms with E-state index in [2.05, 4.69) is 29.8 Å². The maximum atomic E-state index is 4.85. The van der Waals surface area contributed by atoms with E-state index >= 15 is 0 Å². The molecule has 4 rings (SSSR count). The molecule has 0 spiro atoms. The van der Waals surface area contributed by atoms with Gasteiger partial charge < -0.3 is 4.90 Å². The van der Waals surface area contributed by atoms with E-state index in [0.717, 1.165) is 16.6 Å². The molecule has 1 unspecified atom stereocenters. The number of rotatable bonds is 2. The Balaban J connectivity index is 1.60. The second-order valence-electron chi connectivity index (χ2n) is 6.20. The molecule has 0 radical (unpaired) electrons. The molecule has 2 aromatic rings. The molecule has 1 saturated heterocycles. The van der Waals surface area contributed by atoms with Gasteiger partial charge in [0.05, 0.1) is 11.9 Å². The van der Waals surface area contributed by atoms with Crippen molar-refractivity contribution in [2.24, 2.45) is 0 Å². The minimum absolute atomic E-state index is 0.588. The quantitative estimate of drug-likeness (QED) is 0.842. The molecule has 21 heavy (non-hydrogen) atoms. The van der Waals surface area contributed by atoms with Gasteiger partial charge in [-0.2, -0.15) is 11.8 Å². The maximum Gasteiger partial charge on any atom is 0.214 e. The summed E-state index contributed by atoms with van der Waals surface area (Å²) in [5.74, 6) is 3.15. The van der Waals surface area contributed by atoms with Crippen molar-refractivity contribution in [3.63, 3.8) is 0 Å². The highest BCUT2D eigenvalue weighted by Crippen LogP contribution is 2.35. The van der Waals surface area contributed by atoms with E-state index in [9.17, 15) is 0 Å². The zero-order chi connectivity index (χ0) is 14.2. The molecule has 1 aliphatic heterocycles. The summed E-state index contributed by atoms with van der Waals surface area (Å²) in [6.07, 6.45) is 8.74. The van der Waals surface area contributed by atoms with E-state index < -0.39 is 0 Å². The summed E-state index contributed by atoms with van der Waals surface area (Å²) in [5, 5.41) is 5.95. The average molecular weight is 323 g/mol.